The van der Waals surface area contributed by atoms with Gasteiger partial charge < -0.3 is 19.9 Å². The van der Waals surface area contributed by atoms with Crippen LogP contribution >= 0.6 is 0 Å². The van der Waals surface area contributed by atoms with Gasteiger partial charge in [-0.25, -0.2) is 15.0 Å². The van der Waals surface area contributed by atoms with E-state index in [0.717, 1.165) is 75.5 Å². The molecule has 2 aliphatic heterocycles. The first-order valence-electron chi connectivity index (χ1n) is 9.24. The largest absolute Gasteiger partial charge is 0.378 e. The van der Waals surface area contributed by atoms with Crippen LogP contribution in [0, 0.1) is 6.92 Å². The van der Waals surface area contributed by atoms with Crippen molar-refractivity contribution in [3.8, 4) is 0 Å². The first kappa shape index (κ1) is 17.0. The first-order valence-corrected chi connectivity index (χ1v) is 9.24. The van der Waals surface area contributed by atoms with Crippen LogP contribution in [0.3, 0.4) is 0 Å². The minimum atomic E-state index is 0.407. The maximum atomic E-state index is 5.40. The lowest BCUT2D eigenvalue weighted by molar-refractivity contribution is 0.122. The molecule has 0 bridgehead atoms. The number of rotatable bonds is 4. The summed E-state index contributed by atoms with van der Waals surface area (Å²) in [6.07, 6.45) is 7.65. The van der Waals surface area contributed by atoms with Gasteiger partial charge in [0.25, 0.3) is 0 Å². The van der Waals surface area contributed by atoms with Crippen LogP contribution in [0.2, 0.25) is 0 Å². The molecule has 1 N–H and O–H groups in total. The molecule has 4 rings (SSSR count). The summed E-state index contributed by atoms with van der Waals surface area (Å²) < 4.78 is 5.40. The molecule has 2 aromatic heterocycles. The van der Waals surface area contributed by atoms with Gasteiger partial charge in [-0.15, -0.1) is 0 Å². The van der Waals surface area contributed by atoms with E-state index in [0.29, 0.717) is 6.04 Å². The highest BCUT2D eigenvalue weighted by atomic mass is 16.5. The molecule has 0 atom stereocenters. The van der Waals surface area contributed by atoms with Crippen molar-refractivity contribution in [3.05, 3.63) is 30.2 Å². The summed E-state index contributed by atoms with van der Waals surface area (Å²) in [7, 11) is 0. The molecule has 2 aliphatic rings. The Hall–Kier alpha value is -2.48. The topological polar surface area (TPSA) is 79.3 Å². The van der Waals surface area contributed by atoms with Crippen LogP contribution < -0.4 is 15.1 Å². The fraction of sp³-hybridized carbons (Fsp3) is 0.556. The molecule has 0 amide bonds. The molecule has 138 valence electrons. The highest BCUT2D eigenvalue weighted by Crippen LogP contribution is 2.20. The van der Waals surface area contributed by atoms with Gasteiger partial charge in [0.15, 0.2) is 0 Å². The summed E-state index contributed by atoms with van der Waals surface area (Å²) in [6, 6.07) is 2.35. The van der Waals surface area contributed by atoms with E-state index in [1.165, 1.54) is 0 Å². The number of piperidine rings is 1. The Labute approximate surface area is 153 Å². The molecule has 0 radical (unpaired) electrons. The Balaban J connectivity index is 1.33. The van der Waals surface area contributed by atoms with Gasteiger partial charge in [-0.2, -0.15) is 4.98 Å². The number of nitrogens with zero attached hydrogens (tertiary/aromatic N) is 6. The lowest BCUT2D eigenvalue weighted by Gasteiger charge is -2.33. The van der Waals surface area contributed by atoms with Crippen LogP contribution in [0.1, 0.15) is 18.4 Å². The quantitative estimate of drug-likeness (QED) is 0.884. The Bertz CT molecular complexity index is 710. The van der Waals surface area contributed by atoms with E-state index in [2.05, 4.69) is 35.1 Å². The fourth-order valence-electron chi connectivity index (χ4n) is 3.33. The molecule has 2 saturated heterocycles. The molecule has 8 heteroatoms. The number of aryl methyl sites for hydroxylation is 1. The van der Waals surface area contributed by atoms with Crippen LogP contribution in [-0.4, -0.2) is 65.4 Å². The first-order chi connectivity index (χ1) is 12.8. The van der Waals surface area contributed by atoms with E-state index in [4.69, 9.17) is 4.74 Å². The van der Waals surface area contributed by atoms with E-state index in [9.17, 15) is 0 Å². The van der Waals surface area contributed by atoms with Crippen molar-refractivity contribution >= 4 is 17.7 Å². The Morgan fingerprint density at radius 2 is 1.65 bits per heavy atom. The molecule has 0 aromatic carbocycles. The smallest absolute Gasteiger partial charge is 0.227 e. The standard InChI is InChI=1S/C18H25N7O/c1-14-12-20-17(21-13-14)24-6-3-15(4-7-24)22-16-2-5-19-18(23-16)25-8-10-26-11-9-25/h2,5,12-13,15H,3-4,6-11H2,1H3,(H,19,22,23). The van der Waals surface area contributed by atoms with Gasteiger partial charge >= 0.3 is 0 Å². The number of ether oxygens (including phenoxy) is 1. The Morgan fingerprint density at radius 1 is 0.962 bits per heavy atom. The number of nitrogens with one attached hydrogen (secondary N) is 1. The van der Waals surface area contributed by atoms with Gasteiger partial charge in [0.1, 0.15) is 5.82 Å². The van der Waals surface area contributed by atoms with Crippen molar-refractivity contribution in [1.29, 1.82) is 0 Å². The molecule has 0 unspecified atom stereocenters. The molecule has 0 saturated carbocycles. The van der Waals surface area contributed by atoms with Crippen LogP contribution in [0.4, 0.5) is 17.7 Å². The number of hydrogen-bond donors (Lipinski definition) is 1. The molecular weight excluding hydrogens is 330 g/mol. The molecule has 0 spiro atoms. The van der Waals surface area contributed by atoms with E-state index >= 15 is 0 Å². The molecule has 0 aliphatic carbocycles. The zero-order valence-corrected chi connectivity index (χ0v) is 15.1. The summed E-state index contributed by atoms with van der Waals surface area (Å²) >= 11 is 0. The van der Waals surface area contributed by atoms with Gasteiger partial charge in [-0.05, 0) is 31.4 Å². The van der Waals surface area contributed by atoms with Crippen LogP contribution in [0.5, 0.6) is 0 Å². The number of anilines is 3. The fourth-order valence-corrected chi connectivity index (χ4v) is 3.33. The van der Waals surface area contributed by atoms with Gasteiger partial charge in [0, 0.05) is 50.8 Å². The zero-order chi connectivity index (χ0) is 17.8. The minimum Gasteiger partial charge on any atom is -0.378 e. The van der Waals surface area contributed by atoms with Crippen molar-refractivity contribution in [2.24, 2.45) is 0 Å². The Kier molecular flexibility index (Phi) is 5.10. The minimum absolute atomic E-state index is 0.407. The predicted octanol–water partition coefficient (Wildman–Crippen LogP) is 1.49. The van der Waals surface area contributed by atoms with E-state index < -0.39 is 0 Å². The summed E-state index contributed by atoms with van der Waals surface area (Å²) in [6.45, 7) is 7.06. The summed E-state index contributed by atoms with van der Waals surface area (Å²) in [5.74, 6) is 2.50. The van der Waals surface area contributed by atoms with Crippen molar-refractivity contribution < 1.29 is 4.74 Å². The molecular formula is C18H25N7O. The Morgan fingerprint density at radius 3 is 2.38 bits per heavy atom. The SMILES string of the molecule is Cc1cnc(N2CCC(Nc3ccnc(N4CCOCC4)n3)CC2)nc1. The molecule has 8 nitrogen and oxygen atoms in total. The van der Waals surface area contributed by atoms with Gasteiger partial charge in [0.2, 0.25) is 11.9 Å². The molecule has 2 fully saturated rings. The summed E-state index contributed by atoms with van der Waals surface area (Å²) in [5, 5.41) is 3.56. The number of aromatic nitrogens is 4. The number of morpholine rings is 1. The average Bonchev–Trinajstić information content (AvgIpc) is 2.70. The third kappa shape index (κ3) is 4.01. The monoisotopic (exact) mass is 355 g/mol. The van der Waals surface area contributed by atoms with Gasteiger partial charge in [-0.3, -0.25) is 0 Å². The molecule has 4 heterocycles. The van der Waals surface area contributed by atoms with E-state index in [-0.39, 0.29) is 0 Å². The van der Waals surface area contributed by atoms with Crippen LogP contribution in [0.15, 0.2) is 24.7 Å². The van der Waals surface area contributed by atoms with Crippen molar-refractivity contribution in [2.45, 2.75) is 25.8 Å². The highest BCUT2D eigenvalue weighted by Gasteiger charge is 2.21. The lowest BCUT2D eigenvalue weighted by Crippen LogP contribution is -2.40. The summed E-state index contributed by atoms with van der Waals surface area (Å²) in [5.41, 5.74) is 1.09. The van der Waals surface area contributed by atoms with Crippen molar-refractivity contribution in [1.82, 2.24) is 19.9 Å². The summed E-state index contributed by atoms with van der Waals surface area (Å²) in [4.78, 5) is 22.4. The third-order valence-corrected chi connectivity index (χ3v) is 4.83. The van der Waals surface area contributed by atoms with Crippen molar-refractivity contribution in [3.63, 3.8) is 0 Å². The van der Waals surface area contributed by atoms with E-state index in [1.54, 1.807) is 0 Å². The second-order valence-electron chi connectivity index (χ2n) is 6.81. The predicted molar refractivity (Wildman–Crippen MR) is 101 cm³/mol. The van der Waals surface area contributed by atoms with Gasteiger partial charge in [0.05, 0.1) is 13.2 Å². The zero-order valence-electron chi connectivity index (χ0n) is 15.1. The normalized spacial score (nSPS) is 18.8. The van der Waals surface area contributed by atoms with Crippen LogP contribution in [-0.2, 0) is 4.74 Å². The lowest BCUT2D eigenvalue weighted by atomic mass is 10.1. The third-order valence-electron chi connectivity index (χ3n) is 4.83. The maximum Gasteiger partial charge on any atom is 0.227 e. The van der Waals surface area contributed by atoms with Gasteiger partial charge in [-0.1, -0.05) is 0 Å². The highest BCUT2D eigenvalue weighted by molar-refractivity contribution is 5.42. The molecule has 26 heavy (non-hydrogen) atoms. The van der Waals surface area contributed by atoms with Crippen LogP contribution in [0.25, 0.3) is 0 Å². The second-order valence-corrected chi connectivity index (χ2v) is 6.81. The van der Waals surface area contributed by atoms with E-state index in [1.807, 2.05) is 31.6 Å². The maximum absolute atomic E-state index is 5.40. The second kappa shape index (κ2) is 7.82. The average molecular weight is 355 g/mol. The molecule has 2 aromatic rings. The number of hydrogen-bond acceptors (Lipinski definition) is 8. The van der Waals surface area contributed by atoms with Crippen molar-refractivity contribution in [2.75, 3.05) is 54.5 Å².